The maximum absolute atomic E-state index is 11.6. The molecule has 6 heteroatoms. The van der Waals surface area contributed by atoms with E-state index in [1.807, 2.05) is 0 Å². The van der Waals surface area contributed by atoms with Crippen molar-refractivity contribution in [1.29, 1.82) is 0 Å². The third-order valence-corrected chi connectivity index (χ3v) is 5.42. The minimum atomic E-state index is 0.106. The zero-order valence-electron chi connectivity index (χ0n) is 7.38. The molecule has 76 valence electrons. The molecule has 1 unspecified atom stereocenters. The largest absolute Gasteiger partial charge is 0.315 e. The molecule has 1 saturated carbocycles. The van der Waals surface area contributed by atoms with Crippen LogP contribution in [0.5, 0.6) is 0 Å². The molecule has 1 fully saturated rings. The molecule has 14 heavy (non-hydrogen) atoms. The van der Waals surface area contributed by atoms with Crippen LogP contribution in [0.2, 0.25) is 0 Å². The van der Waals surface area contributed by atoms with E-state index in [4.69, 9.17) is 0 Å². The maximum atomic E-state index is 11.6. The normalized spacial score (nSPS) is 24.8. The maximum Gasteiger partial charge on any atom is 0.228 e. The lowest BCUT2D eigenvalue weighted by Gasteiger charge is -2.00. The predicted octanol–water partition coefficient (Wildman–Crippen LogP) is 3.26. The molecular formula is C8H8Br2N2OS. The number of halogens is 2. The Bertz CT molecular complexity index is 379. The summed E-state index contributed by atoms with van der Waals surface area (Å²) in [5, 5.41) is 3.64. The highest BCUT2D eigenvalue weighted by atomic mass is 79.9. The van der Waals surface area contributed by atoms with Crippen LogP contribution in [0.15, 0.2) is 9.08 Å². The van der Waals surface area contributed by atoms with E-state index >= 15 is 0 Å². The number of nitrogens with zero attached hydrogens (tertiary/aromatic N) is 1. The van der Waals surface area contributed by atoms with Crippen molar-refractivity contribution in [3.05, 3.63) is 9.08 Å². The third kappa shape index (κ3) is 2.01. The molecule has 1 aliphatic carbocycles. The minimum absolute atomic E-state index is 0.106. The van der Waals surface area contributed by atoms with Gasteiger partial charge in [0.2, 0.25) is 5.91 Å². The quantitative estimate of drug-likeness (QED) is 0.898. The Morgan fingerprint density at radius 3 is 2.71 bits per heavy atom. The second-order valence-corrected chi connectivity index (χ2v) is 5.74. The van der Waals surface area contributed by atoms with Gasteiger partial charge >= 0.3 is 0 Å². The summed E-state index contributed by atoms with van der Waals surface area (Å²) in [5.74, 6) is 0.835. The zero-order chi connectivity index (χ0) is 10.3. The minimum Gasteiger partial charge on any atom is -0.315 e. The van der Waals surface area contributed by atoms with E-state index in [9.17, 15) is 4.79 Å². The highest BCUT2D eigenvalue weighted by Gasteiger charge is 2.39. The highest BCUT2D eigenvalue weighted by Crippen LogP contribution is 2.40. The summed E-state index contributed by atoms with van der Waals surface area (Å²) in [5.41, 5.74) is 0. The average Bonchev–Trinajstić information content (AvgIpc) is 2.80. The Labute approximate surface area is 103 Å². The lowest BCUT2D eigenvalue weighted by molar-refractivity contribution is -0.117. The van der Waals surface area contributed by atoms with Crippen molar-refractivity contribution >= 4 is 54.3 Å². The summed E-state index contributed by atoms with van der Waals surface area (Å²) < 4.78 is 5.63. The van der Waals surface area contributed by atoms with Crippen molar-refractivity contribution in [2.75, 3.05) is 5.32 Å². The Balaban J connectivity index is 2.04. The van der Waals surface area contributed by atoms with Crippen LogP contribution >= 0.6 is 43.4 Å². The number of carbonyl (C=O) groups is 1. The molecule has 2 rings (SSSR count). The number of anilines is 1. The van der Waals surface area contributed by atoms with Gasteiger partial charge in [-0.1, -0.05) is 6.92 Å². The highest BCUT2D eigenvalue weighted by molar-refractivity contribution is 9.13. The van der Waals surface area contributed by atoms with E-state index in [0.29, 0.717) is 5.92 Å². The fourth-order valence-corrected chi connectivity index (χ4v) is 2.88. The number of carbonyl (C=O) groups excluding carboxylic acids is 1. The molecule has 1 N–H and O–H groups in total. The molecule has 0 bridgehead atoms. The molecule has 0 aliphatic heterocycles. The van der Waals surface area contributed by atoms with Crippen molar-refractivity contribution in [2.45, 2.75) is 13.3 Å². The third-order valence-electron chi connectivity index (χ3n) is 2.28. The lowest BCUT2D eigenvalue weighted by Crippen LogP contribution is -2.13. The van der Waals surface area contributed by atoms with Gasteiger partial charge in [-0.05, 0) is 55.7 Å². The van der Waals surface area contributed by atoms with Crippen molar-refractivity contribution in [3.8, 4) is 0 Å². The number of amides is 1. The standard InChI is InChI=1S/C8H8Br2N2OS/c1-3-2-4(3)7(13)11-8-5(9)6(10)12-14-8/h3-4H,2H2,1H3,(H,11,13)/t3?,4-/m1/s1. The predicted molar refractivity (Wildman–Crippen MR) is 63.4 cm³/mol. The molecule has 0 aromatic carbocycles. The van der Waals surface area contributed by atoms with Crippen molar-refractivity contribution in [3.63, 3.8) is 0 Å². The average molecular weight is 340 g/mol. The van der Waals surface area contributed by atoms with E-state index in [0.717, 1.165) is 20.5 Å². The van der Waals surface area contributed by atoms with E-state index in [1.165, 1.54) is 11.5 Å². The fraction of sp³-hybridized carbons (Fsp3) is 0.500. The summed E-state index contributed by atoms with van der Waals surface area (Å²) >= 11 is 7.90. The molecule has 1 amide bonds. The van der Waals surface area contributed by atoms with Crippen LogP contribution in [0.1, 0.15) is 13.3 Å². The number of nitrogens with one attached hydrogen (secondary N) is 1. The van der Waals surface area contributed by atoms with Crippen LogP contribution in [0.25, 0.3) is 0 Å². The van der Waals surface area contributed by atoms with E-state index in [-0.39, 0.29) is 11.8 Å². The van der Waals surface area contributed by atoms with E-state index in [1.54, 1.807) is 0 Å². The van der Waals surface area contributed by atoms with Crippen LogP contribution in [0.3, 0.4) is 0 Å². The molecule has 1 aromatic rings. The number of hydrogen-bond acceptors (Lipinski definition) is 3. The molecule has 2 atom stereocenters. The first-order chi connectivity index (χ1) is 6.59. The van der Waals surface area contributed by atoms with Gasteiger partial charge in [0.25, 0.3) is 0 Å². The second kappa shape index (κ2) is 3.90. The fourth-order valence-electron chi connectivity index (χ4n) is 1.23. The number of rotatable bonds is 2. The molecule has 0 spiro atoms. The van der Waals surface area contributed by atoms with Gasteiger partial charge in [0.05, 0.1) is 4.47 Å². The number of hydrogen-bond donors (Lipinski definition) is 1. The van der Waals surface area contributed by atoms with Gasteiger partial charge in [-0.3, -0.25) is 4.79 Å². The van der Waals surface area contributed by atoms with Crippen molar-refractivity contribution < 1.29 is 4.79 Å². The Morgan fingerprint density at radius 1 is 1.64 bits per heavy atom. The summed E-state index contributed by atoms with van der Waals surface area (Å²) in [6.07, 6.45) is 1.00. The van der Waals surface area contributed by atoms with Crippen LogP contribution in [-0.2, 0) is 4.79 Å². The van der Waals surface area contributed by atoms with Crippen LogP contribution < -0.4 is 5.32 Å². The Morgan fingerprint density at radius 2 is 2.29 bits per heavy atom. The molecule has 1 heterocycles. The van der Waals surface area contributed by atoms with Gasteiger partial charge in [-0.15, -0.1) is 0 Å². The molecule has 0 saturated heterocycles. The van der Waals surface area contributed by atoms with Crippen molar-refractivity contribution in [2.24, 2.45) is 11.8 Å². The Hall–Kier alpha value is 0.0600. The first kappa shape index (κ1) is 10.6. The van der Waals surface area contributed by atoms with Gasteiger partial charge < -0.3 is 5.32 Å². The first-order valence-corrected chi connectivity index (χ1v) is 6.57. The summed E-state index contributed by atoms with van der Waals surface area (Å²) in [4.78, 5) is 11.6. The Kier molecular flexibility index (Phi) is 2.95. The van der Waals surface area contributed by atoms with Crippen LogP contribution in [0.4, 0.5) is 5.00 Å². The molecule has 1 aliphatic rings. The monoisotopic (exact) mass is 338 g/mol. The van der Waals surface area contributed by atoms with Crippen LogP contribution in [-0.4, -0.2) is 10.3 Å². The zero-order valence-corrected chi connectivity index (χ0v) is 11.4. The van der Waals surface area contributed by atoms with Crippen LogP contribution in [0, 0.1) is 11.8 Å². The smallest absolute Gasteiger partial charge is 0.228 e. The van der Waals surface area contributed by atoms with E-state index in [2.05, 4.69) is 48.5 Å². The molecule has 1 aromatic heterocycles. The van der Waals surface area contributed by atoms with Gasteiger partial charge in [-0.2, -0.15) is 4.37 Å². The van der Waals surface area contributed by atoms with Gasteiger partial charge in [-0.25, -0.2) is 0 Å². The summed E-state index contributed by atoms with van der Waals surface area (Å²) in [6, 6.07) is 0. The van der Waals surface area contributed by atoms with Crippen molar-refractivity contribution in [1.82, 2.24) is 4.37 Å². The summed E-state index contributed by atoms with van der Waals surface area (Å²) in [7, 11) is 0. The SMILES string of the molecule is CC1C[C@H]1C(=O)Nc1snc(Br)c1Br. The molecular weight excluding hydrogens is 332 g/mol. The lowest BCUT2D eigenvalue weighted by atomic mass is 10.3. The van der Waals surface area contributed by atoms with E-state index < -0.39 is 0 Å². The van der Waals surface area contributed by atoms with Gasteiger partial charge in [0.15, 0.2) is 0 Å². The first-order valence-electron chi connectivity index (χ1n) is 4.21. The second-order valence-electron chi connectivity index (χ2n) is 3.43. The number of aromatic nitrogens is 1. The topological polar surface area (TPSA) is 42.0 Å². The molecule has 3 nitrogen and oxygen atoms in total. The van der Waals surface area contributed by atoms with Gasteiger partial charge in [0.1, 0.15) is 9.60 Å². The summed E-state index contributed by atoms with van der Waals surface area (Å²) in [6.45, 7) is 2.09. The molecule has 0 radical (unpaired) electrons. The van der Waals surface area contributed by atoms with Gasteiger partial charge in [0, 0.05) is 5.92 Å².